The van der Waals surface area contributed by atoms with Gasteiger partial charge in [0.2, 0.25) is 9.84 Å². The molecule has 5 nitrogen and oxygen atoms in total. The molecular formula is C23H23F2NO4S. The van der Waals surface area contributed by atoms with Crippen molar-refractivity contribution >= 4 is 26.5 Å². The van der Waals surface area contributed by atoms with Crippen LogP contribution in [0.25, 0.3) is 10.8 Å². The van der Waals surface area contributed by atoms with Gasteiger partial charge in [-0.3, -0.25) is 4.79 Å². The standard InChI is InChI=1S/C23H23F2NO4S/c1-3-14-30-21-13-10-16-6-4-5-7-19(16)20(21)15-26(2)22(27)17-8-11-18(12-9-17)31(28,29)23(24)25/h4-13,23H,3,14-15H2,1-2H3. The fourth-order valence-corrected chi connectivity index (χ4v) is 3.97. The smallest absolute Gasteiger partial charge is 0.341 e. The van der Waals surface area contributed by atoms with Gasteiger partial charge in [-0.05, 0) is 47.5 Å². The molecule has 3 rings (SSSR count). The minimum Gasteiger partial charge on any atom is -0.493 e. The predicted molar refractivity (Wildman–Crippen MR) is 115 cm³/mol. The molecule has 0 unspecified atom stereocenters. The second-order valence-corrected chi connectivity index (χ2v) is 9.02. The molecule has 31 heavy (non-hydrogen) atoms. The van der Waals surface area contributed by atoms with Crippen LogP contribution in [0.15, 0.2) is 65.6 Å². The van der Waals surface area contributed by atoms with Crippen molar-refractivity contribution in [3.05, 3.63) is 71.8 Å². The lowest BCUT2D eigenvalue weighted by atomic mass is 10.0. The molecule has 0 radical (unpaired) electrons. The highest BCUT2D eigenvalue weighted by Gasteiger charge is 2.26. The lowest BCUT2D eigenvalue weighted by Gasteiger charge is -2.21. The number of carbonyl (C=O) groups excluding carboxylic acids is 1. The van der Waals surface area contributed by atoms with E-state index in [1.165, 1.54) is 17.0 Å². The summed E-state index contributed by atoms with van der Waals surface area (Å²) in [5.74, 6) is -3.18. The first-order valence-corrected chi connectivity index (χ1v) is 11.3. The maximum Gasteiger partial charge on any atom is 0.341 e. The SMILES string of the molecule is CCCOc1ccc2ccccc2c1CN(C)C(=O)c1ccc(S(=O)(=O)C(F)F)cc1. The van der Waals surface area contributed by atoms with E-state index in [9.17, 15) is 22.0 Å². The molecule has 164 valence electrons. The quantitative estimate of drug-likeness (QED) is 0.493. The molecule has 3 aromatic carbocycles. The van der Waals surface area contributed by atoms with Crippen LogP contribution in [0.5, 0.6) is 5.75 Å². The number of halogens is 2. The number of rotatable bonds is 8. The van der Waals surface area contributed by atoms with E-state index in [1.54, 1.807) is 7.05 Å². The molecule has 0 aliphatic carbocycles. The molecule has 0 aliphatic heterocycles. The summed E-state index contributed by atoms with van der Waals surface area (Å²) in [6, 6.07) is 16.2. The average Bonchev–Trinajstić information content (AvgIpc) is 2.77. The van der Waals surface area contributed by atoms with E-state index in [0.717, 1.165) is 34.9 Å². The van der Waals surface area contributed by atoms with Gasteiger partial charge in [0.05, 0.1) is 11.5 Å². The number of fused-ring (bicyclic) bond motifs is 1. The molecule has 0 N–H and O–H groups in total. The average molecular weight is 448 g/mol. The summed E-state index contributed by atoms with van der Waals surface area (Å²) >= 11 is 0. The molecule has 0 saturated heterocycles. The largest absolute Gasteiger partial charge is 0.493 e. The fourth-order valence-electron chi connectivity index (χ4n) is 3.25. The Bertz CT molecular complexity index is 1180. The highest BCUT2D eigenvalue weighted by molar-refractivity contribution is 7.91. The van der Waals surface area contributed by atoms with Crippen molar-refractivity contribution in [2.75, 3.05) is 13.7 Å². The van der Waals surface area contributed by atoms with Crippen molar-refractivity contribution < 1.29 is 26.7 Å². The summed E-state index contributed by atoms with van der Waals surface area (Å²) in [5.41, 5.74) is 1.06. The van der Waals surface area contributed by atoms with Crippen LogP contribution >= 0.6 is 0 Å². The number of carbonyl (C=O) groups is 1. The van der Waals surface area contributed by atoms with Crippen LogP contribution in [0.1, 0.15) is 29.3 Å². The number of hydrogen-bond donors (Lipinski definition) is 0. The number of ether oxygens (including phenoxy) is 1. The van der Waals surface area contributed by atoms with Crippen molar-refractivity contribution in [1.82, 2.24) is 4.90 Å². The third-order valence-electron chi connectivity index (χ3n) is 4.87. The highest BCUT2D eigenvalue weighted by Crippen LogP contribution is 2.30. The maximum atomic E-state index is 12.9. The molecule has 0 atom stereocenters. The summed E-state index contributed by atoms with van der Waals surface area (Å²) in [7, 11) is -3.08. The second-order valence-electron chi connectivity index (χ2n) is 7.10. The van der Waals surface area contributed by atoms with Gasteiger partial charge < -0.3 is 9.64 Å². The number of amides is 1. The van der Waals surface area contributed by atoms with Crippen LogP contribution < -0.4 is 4.74 Å². The van der Waals surface area contributed by atoms with Gasteiger partial charge in [0.1, 0.15) is 5.75 Å². The van der Waals surface area contributed by atoms with E-state index in [-0.39, 0.29) is 18.0 Å². The zero-order valence-corrected chi connectivity index (χ0v) is 18.0. The number of alkyl halides is 2. The van der Waals surface area contributed by atoms with E-state index in [2.05, 4.69) is 0 Å². The highest BCUT2D eigenvalue weighted by atomic mass is 32.2. The number of benzene rings is 3. The van der Waals surface area contributed by atoms with Crippen molar-refractivity contribution in [3.63, 3.8) is 0 Å². The Morgan fingerprint density at radius 1 is 1.03 bits per heavy atom. The first-order valence-electron chi connectivity index (χ1n) is 9.76. The maximum absolute atomic E-state index is 12.9. The van der Waals surface area contributed by atoms with Gasteiger partial charge >= 0.3 is 5.76 Å². The van der Waals surface area contributed by atoms with Gasteiger partial charge in [-0.15, -0.1) is 0 Å². The molecule has 0 aromatic heterocycles. The number of nitrogens with zero attached hydrogens (tertiary/aromatic N) is 1. The fraction of sp³-hybridized carbons (Fsp3) is 0.261. The first kappa shape index (κ1) is 22.7. The summed E-state index contributed by atoms with van der Waals surface area (Å²) in [4.78, 5) is 13.9. The zero-order valence-electron chi connectivity index (χ0n) is 17.2. The Morgan fingerprint density at radius 3 is 2.35 bits per heavy atom. The van der Waals surface area contributed by atoms with Gasteiger partial charge in [0.15, 0.2) is 0 Å². The van der Waals surface area contributed by atoms with Crippen LogP contribution in [0.3, 0.4) is 0 Å². The van der Waals surface area contributed by atoms with Crippen molar-refractivity contribution in [1.29, 1.82) is 0 Å². The molecular weight excluding hydrogens is 424 g/mol. The Kier molecular flexibility index (Phi) is 6.90. The summed E-state index contributed by atoms with van der Waals surface area (Å²) in [6.07, 6.45) is 0.842. The molecule has 0 saturated carbocycles. The zero-order chi connectivity index (χ0) is 22.6. The van der Waals surface area contributed by atoms with Gasteiger partial charge in [-0.2, -0.15) is 8.78 Å². The van der Waals surface area contributed by atoms with Crippen LogP contribution in [-0.4, -0.2) is 38.6 Å². The monoisotopic (exact) mass is 447 g/mol. The summed E-state index contributed by atoms with van der Waals surface area (Å²) < 4.78 is 54.4. The van der Waals surface area contributed by atoms with Gasteiger partial charge in [0, 0.05) is 24.7 Å². The van der Waals surface area contributed by atoms with E-state index in [0.29, 0.717) is 12.4 Å². The Morgan fingerprint density at radius 2 is 1.71 bits per heavy atom. The van der Waals surface area contributed by atoms with Crippen molar-refractivity contribution in [2.45, 2.75) is 30.5 Å². The molecule has 8 heteroatoms. The van der Waals surface area contributed by atoms with Crippen LogP contribution in [0.2, 0.25) is 0 Å². The normalized spacial score (nSPS) is 11.6. The van der Waals surface area contributed by atoms with Gasteiger partial charge in [-0.25, -0.2) is 8.42 Å². The van der Waals surface area contributed by atoms with E-state index < -0.39 is 20.5 Å². The third kappa shape index (κ3) is 4.85. The Labute approximate surface area is 180 Å². The summed E-state index contributed by atoms with van der Waals surface area (Å²) in [6.45, 7) is 2.81. The lowest BCUT2D eigenvalue weighted by molar-refractivity contribution is 0.0784. The molecule has 0 fully saturated rings. The minimum absolute atomic E-state index is 0.201. The van der Waals surface area contributed by atoms with E-state index >= 15 is 0 Å². The molecule has 1 amide bonds. The summed E-state index contributed by atoms with van der Waals surface area (Å²) in [5, 5.41) is 1.98. The molecule has 0 bridgehead atoms. The van der Waals surface area contributed by atoms with Gasteiger partial charge in [0.25, 0.3) is 5.91 Å². The number of sulfone groups is 1. The molecule has 0 heterocycles. The minimum atomic E-state index is -4.70. The van der Waals surface area contributed by atoms with Crippen molar-refractivity contribution in [2.24, 2.45) is 0 Å². The molecule has 0 spiro atoms. The third-order valence-corrected chi connectivity index (χ3v) is 6.26. The Hall–Kier alpha value is -3.00. The van der Waals surface area contributed by atoms with Crippen LogP contribution in [-0.2, 0) is 16.4 Å². The second kappa shape index (κ2) is 9.43. The van der Waals surface area contributed by atoms with Gasteiger partial charge in [-0.1, -0.05) is 37.3 Å². The van der Waals surface area contributed by atoms with Crippen molar-refractivity contribution in [3.8, 4) is 5.75 Å². The van der Waals surface area contributed by atoms with E-state index in [4.69, 9.17) is 4.74 Å². The molecule has 0 aliphatic rings. The van der Waals surface area contributed by atoms with E-state index in [1.807, 2.05) is 43.3 Å². The molecule has 3 aromatic rings. The predicted octanol–water partition coefficient (Wildman–Crippen LogP) is 4.90. The first-order chi connectivity index (χ1) is 14.8. The lowest BCUT2D eigenvalue weighted by Crippen LogP contribution is -2.26. The topological polar surface area (TPSA) is 63.7 Å². The number of hydrogen-bond acceptors (Lipinski definition) is 4. The van der Waals surface area contributed by atoms with Crippen LogP contribution in [0.4, 0.5) is 8.78 Å². The van der Waals surface area contributed by atoms with Crippen LogP contribution in [0, 0.1) is 0 Å². The Balaban J connectivity index is 1.88.